The number of likely N-dealkylation sites (tertiary alicyclic amines) is 1. The Kier molecular flexibility index (Phi) is 5.13. The van der Waals surface area contributed by atoms with Gasteiger partial charge in [0, 0.05) is 25.2 Å². The van der Waals surface area contributed by atoms with Crippen LogP contribution in [-0.2, 0) is 17.4 Å². The molecule has 3 aromatic rings. The molecule has 29 heavy (non-hydrogen) atoms. The number of hydrogen-bond donors (Lipinski definition) is 0. The number of rotatable bonds is 4. The number of hydrogen-bond acceptors (Lipinski definition) is 3. The number of carbonyl (C=O) groups is 1. The van der Waals surface area contributed by atoms with E-state index in [4.69, 9.17) is 4.74 Å². The van der Waals surface area contributed by atoms with Gasteiger partial charge in [0.15, 0.2) is 0 Å². The minimum absolute atomic E-state index is 0.0237. The molecule has 4 rings (SSSR count). The molecule has 2 aromatic carbocycles. The molecular formula is C22H19F3N2O2. The van der Waals surface area contributed by atoms with Gasteiger partial charge in [0.05, 0.1) is 18.5 Å². The standard InChI is InChI=1S/C22H19F3N2O2/c23-22(24,25)17-8-10-26-20(13-17)29-18-9-11-27(14-18)21(28)12-16-6-3-5-15-4-1-2-7-19(15)16/h1-8,10,13,18H,9,11-12,14H2/t18-/m0/s1. The molecule has 1 fully saturated rings. The number of carbonyl (C=O) groups excluding carboxylic acids is 1. The van der Waals surface area contributed by atoms with Crippen molar-refractivity contribution in [3.63, 3.8) is 0 Å². The van der Waals surface area contributed by atoms with E-state index in [1.165, 1.54) is 0 Å². The molecule has 1 aromatic heterocycles. The van der Waals surface area contributed by atoms with E-state index in [0.29, 0.717) is 19.5 Å². The third-order valence-electron chi connectivity index (χ3n) is 5.07. The van der Waals surface area contributed by atoms with Gasteiger partial charge in [0.25, 0.3) is 0 Å². The lowest BCUT2D eigenvalue weighted by molar-refractivity contribution is -0.137. The molecule has 1 atom stereocenters. The SMILES string of the molecule is O=C(Cc1cccc2ccccc12)N1CC[C@H](Oc2cc(C(F)(F)F)ccn2)C1. The van der Waals surface area contributed by atoms with Crippen molar-refractivity contribution in [2.24, 2.45) is 0 Å². The van der Waals surface area contributed by atoms with Crippen molar-refractivity contribution in [2.45, 2.75) is 25.1 Å². The van der Waals surface area contributed by atoms with Crippen LogP contribution >= 0.6 is 0 Å². The molecule has 0 saturated carbocycles. The highest BCUT2D eigenvalue weighted by molar-refractivity contribution is 5.90. The van der Waals surface area contributed by atoms with Crippen LogP contribution < -0.4 is 4.74 Å². The highest BCUT2D eigenvalue weighted by Gasteiger charge is 2.32. The predicted octanol–water partition coefficient (Wildman–Crippen LogP) is 4.48. The van der Waals surface area contributed by atoms with Crippen LogP contribution in [0.3, 0.4) is 0 Å². The first kappa shape index (κ1) is 19.2. The zero-order chi connectivity index (χ0) is 20.4. The van der Waals surface area contributed by atoms with E-state index in [2.05, 4.69) is 4.98 Å². The lowest BCUT2D eigenvalue weighted by Gasteiger charge is -2.18. The molecule has 0 aliphatic carbocycles. The van der Waals surface area contributed by atoms with Crippen LogP contribution in [0.15, 0.2) is 60.8 Å². The third-order valence-corrected chi connectivity index (χ3v) is 5.07. The van der Waals surface area contributed by atoms with Crippen LogP contribution in [0.25, 0.3) is 10.8 Å². The van der Waals surface area contributed by atoms with E-state index in [9.17, 15) is 18.0 Å². The van der Waals surface area contributed by atoms with Crippen LogP contribution in [0.1, 0.15) is 17.5 Å². The number of benzene rings is 2. The largest absolute Gasteiger partial charge is 0.472 e. The van der Waals surface area contributed by atoms with Gasteiger partial charge >= 0.3 is 6.18 Å². The van der Waals surface area contributed by atoms with E-state index >= 15 is 0 Å². The highest BCUT2D eigenvalue weighted by atomic mass is 19.4. The quantitative estimate of drug-likeness (QED) is 0.649. The number of aromatic nitrogens is 1. The van der Waals surface area contributed by atoms with Crippen molar-refractivity contribution >= 4 is 16.7 Å². The number of halogens is 3. The normalized spacial score (nSPS) is 16.9. The van der Waals surface area contributed by atoms with Crippen molar-refractivity contribution in [1.82, 2.24) is 9.88 Å². The Morgan fingerprint density at radius 2 is 1.93 bits per heavy atom. The monoisotopic (exact) mass is 400 g/mol. The second kappa shape index (κ2) is 7.73. The summed E-state index contributed by atoms with van der Waals surface area (Å²) in [5.41, 5.74) is 0.154. The second-order valence-corrected chi connectivity index (χ2v) is 7.06. The molecule has 2 heterocycles. The minimum atomic E-state index is -4.45. The van der Waals surface area contributed by atoms with Crippen molar-refractivity contribution in [3.05, 3.63) is 71.9 Å². The Balaban J connectivity index is 1.40. The number of amides is 1. The molecule has 0 bridgehead atoms. The molecule has 0 radical (unpaired) electrons. The van der Waals surface area contributed by atoms with Gasteiger partial charge in [0.1, 0.15) is 6.10 Å². The fourth-order valence-electron chi connectivity index (χ4n) is 3.59. The molecule has 1 aliphatic heterocycles. The second-order valence-electron chi connectivity index (χ2n) is 7.06. The summed E-state index contributed by atoms with van der Waals surface area (Å²) in [6.07, 6.45) is -2.91. The topological polar surface area (TPSA) is 42.4 Å². The molecule has 0 N–H and O–H groups in total. The van der Waals surface area contributed by atoms with E-state index in [0.717, 1.165) is 34.7 Å². The summed E-state index contributed by atoms with van der Waals surface area (Å²) in [4.78, 5) is 18.3. The van der Waals surface area contributed by atoms with Crippen LogP contribution in [0, 0.1) is 0 Å². The van der Waals surface area contributed by atoms with Crippen molar-refractivity contribution in [2.75, 3.05) is 13.1 Å². The summed E-state index contributed by atoms with van der Waals surface area (Å²) < 4.78 is 44.1. The Bertz CT molecular complexity index is 1030. The van der Waals surface area contributed by atoms with Gasteiger partial charge in [-0.2, -0.15) is 13.2 Å². The summed E-state index contributed by atoms with van der Waals surface area (Å²) in [6, 6.07) is 15.6. The summed E-state index contributed by atoms with van der Waals surface area (Å²) >= 11 is 0. The summed E-state index contributed by atoms with van der Waals surface area (Å²) in [5, 5.41) is 2.12. The van der Waals surface area contributed by atoms with Gasteiger partial charge in [-0.25, -0.2) is 4.98 Å². The Hall–Kier alpha value is -3.09. The van der Waals surface area contributed by atoms with Crippen LogP contribution in [-0.4, -0.2) is 35.0 Å². The maximum Gasteiger partial charge on any atom is 0.416 e. The molecule has 1 amide bonds. The molecule has 1 saturated heterocycles. The Morgan fingerprint density at radius 1 is 1.14 bits per heavy atom. The molecule has 4 nitrogen and oxygen atoms in total. The molecule has 0 unspecified atom stereocenters. The van der Waals surface area contributed by atoms with E-state index < -0.39 is 11.7 Å². The molecular weight excluding hydrogens is 381 g/mol. The average Bonchev–Trinajstić information content (AvgIpc) is 3.16. The van der Waals surface area contributed by atoms with Gasteiger partial charge in [-0.1, -0.05) is 42.5 Å². The van der Waals surface area contributed by atoms with Crippen molar-refractivity contribution < 1.29 is 22.7 Å². The minimum Gasteiger partial charge on any atom is -0.472 e. The van der Waals surface area contributed by atoms with Gasteiger partial charge < -0.3 is 9.64 Å². The molecule has 0 spiro atoms. The van der Waals surface area contributed by atoms with Crippen LogP contribution in [0.2, 0.25) is 0 Å². The number of pyridine rings is 1. The first-order valence-electron chi connectivity index (χ1n) is 9.34. The van der Waals surface area contributed by atoms with E-state index in [-0.39, 0.29) is 24.3 Å². The predicted molar refractivity (Wildman–Crippen MR) is 103 cm³/mol. The van der Waals surface area contributed by atoms with Crippen LogP contribution in [0.4, 0.5) is 13.2 Å². The fraction of sp³-hybridized carbons (Fsp3) is 0.273. The lowest BCUT2D eigenvalue weighted by Crippen LogP contribution is -2.32. The van der Waals surface area contributed by atoms with Crippen LogP contribution in [0.5, 0.6) is 5.88 Å². The highest BCUT2D eigenvalue weighted by Crippen LogP contribution is 2.31. The number of fused-ring (bicyclic) bond motifs is 1. The smallest absolute Gasteiger partial charge is 0.416 e. The summed E-state index contributed by atoms with van der Waals surface area (Å²) in [6.45, 7) is 0.842. The fourth-order valence-corrected chi connectivity index (χ4v) is 3.59. The van der Waals surface area contributed by atoms with Gasteiger partial charge in [0.2, 0.25) is 11.8 Å². The van der Waals surface area contributed by atoms with Gasteiger partial charge in [-0.05, 0) is 22.4 Å². The lowest BCUT2D eigenvalue weighted by atomic mass is 10.0. The van der Waals surface area contributed by atoms with E-state index in [1.54, 1.807) is 4.90 Å². The first-order valence-corrected chi connectivity index (χ1v) is 9.34. The van der Waals surface area contributed by atoms with Gasteiger partial charge in [-0.15, -0.1) is 0 Å². The molecule has 7 heteroatoms. The summed E-state index contributed by atoms with van der Waals surface area (Å²) in [7, 11) is 0. The van der Waals surface area contributed by atoms with Gasteiger partial charge in [-0.3, -0.25) is 4.79 Å². The number of ether oxygens (including phenoxy) is 1. The Morgan fingerprint density at radius 3 is 2.76 bits per heavy atom. The van der Waals surface area contributed by atoms with Crippen molar-refractivity contribution in [1.29, 1.82) is 0 Å². The number of nitrogens with zero attached hydrogens (tertiary/aromatic N) is 2. The molecule has 1 aliphatic rings. The van der Waals surface area contributed by atoms with E-state index in [1.807, 2.05) is 42.5 Å². The molecule has 150 valence electrons. The zero-order valence-corrected chi connectivity index (χ0v) is 15.5. The third kappa shape index (κ3) is 4.34. The average molecular weight is 400 g/mol. The first-order chi connectivity index (χ1) is 13.9. The maximum absolute atomic E-state index is 12.8. The zero-order valence-electron chi connectivity index (χ0n) is 15.5. The Labute approximate surface area is 165 Å². The van der Waals surface area contributed by atoms with Crippen molar-refractivity contribution in [3.8, 4) is 5.88 Å². The summed E-state index contributed by atoms with van der Waals surface area (Å²) in [5.74, 6) is -0.0994. The maximum atomic E-state index is 12.8. The number of alkyl halides is 3.